The van der Waals surface area contributed by atoms with Gasteiger partial charge in [-0.05, 0) is 106 Å². The van der Waals surface area contributed by atoms with Crippen LogP contribution in [0.4, 0.5) is 0 Å². The Morgan fingerprint density at radius 3 is 2.60 bits per heavy atom. The Morgan fingerprint density at radius 2 is 1.93 bits per heavy atom. The molecule has 3 aliphatic carbocycles. The number of Topliss-reactive ketones (excluding diaryl/α,β-unsaturated/α-hetero) is 1. The van der Waals surface area contributed by atoms with E-state index in [2.05, 4.69) is 83.4 Å². The second-order valence-corrected chi connectivity index (χ2v) is 22.6. The molecular weight excluding hydrogens is 553 g/mol. The molecule has 5 atom stereocenters. The molecule has 4 aliphatic rings. The van der Waals surface area contributed by atoms with E-state index in [4.69, 9.17) is 13.9 Å². The molecule has 228 valence electrons. The van der Waals surface area contributed by atoms with Crippen LogP contribution in [0, 0.1) is 23.2 Å². The maximum absolute atomic E-state index is 14.3. The lowest BCUT2D eigenvalue weighted by Gasteiger charge is -2.43. The molecule has 2 saturated carbocycles. The standard InChI is InChI=1S/C33H56O4S2Si/c1-24(22-36-23-35-6)12-9-18-33(38-20-11-21-39-33)19-16-27(37-40(7,8)31(2,3)4)26-15-14-25-13-10-17-32(5)28(25)29(32)30(26)34/h12-13,26-29H,9-11,14-23H2,1-8H3/b24-12+/t26-,27-,28+,29+,32+/m1/s1. The Hall–Kier alpha value is -0.0531. The molecule has 4 rings (SSSR count). The van der Waals surface area contributed by atoms with Gasteiger partial charge in [-0.2, -0.15) is 0 Å². The van der Waals surface area contributed by atoms with Crippen LogP contribution in [0.5, 0.6) is 0 Å². The Balaban J connectivity index is 1.51. The second-order valence-electron chi connectivity index (χ2n) is 14.6. The van der Waals surface area contributed by atoms with E-state index in [1.807, 2.05) is 0 Å². The smallest absolute Gasteiger partial charge is 0.192 e. The minimum atomic E-state index is -2.03. The Kier molecular flexibility index (Phi) is 10.9. The molecule has 0 unspecified atom stereocenters. The van der Waals surface area contributed by atoms with Crippen LogP contribution < -0.4 is 0 Å². The SMILES string of the molecule is COCOC/C(C)=C/CCC1(CC[C@@H](O[Si](C)(C)C(C)(C)C)[C@H]2CCC3=CCC[C@]4(C)[C@H](C2=O)[C@H]34)SCCCS1. The first-order valence-corrected chi connectivity index (χ1v) is 20.6. The summed E-state index contributed by atoms with van der Waals surface area (Å²) in [5.74, 6) is 3.81. The first-order valence-electron chi connectivity index (χ1n) is 15.7. The predicted octanol–water partition coefficient (Wildman–Crippen LogP) is 9.02. The fraction of sp³-hybridized carbons (Fsp3) is 0.848. The summed E-state index contributed by atoms with van der Waals surface area (Å²) >= 11 is 4.33. The van der Waals surface area contributed by atoms with Gasteiger partial charge in [-0.3, -0.25) is 4.79 Å². The maximum Gasteiger partial charge on any atom is 0.192 e. The van der Waals surface area contributed by atoms with Gasteiger partial charge in [-0.15, -0.1) is 23.5 Å². The van der Waals surface area contributed by atoms with Crippen molar-refractivity contribution in [1.82, 2.24) is 0 Å². The van der Waals surface area contributed by atoms with Gasteiger partial charge < -0.3 is 13.9 Å². The van der Waals surface area contributed by atoms with E-state index in [9.17, 15) is 4.79 Å². The molecule has 7 heteroatoms. The molecule has 4 nitrogen and oxygen atoms in total. The molecule has 40 heavy (non-hydrogen) atoms. The summed E-state index contributed by atoms with van der Waals surface area (Å²) < 4.78 is 18.0. The molecule has 0 aromatic carbocycles. The summed E-state index contributed by atoms with van der Waals surface area (Å²) in [6.45, 7) is 17.3. The van der Waals surface area contributed by atoms with E-state index in [0.717, 1.165) is 44.9 Å². The van der Waals surface area contributed by atoms with Crippen LogP contribution in [0.3, 0.4) is 0 Å². The fourth-order valence-corrected chi connectivity index (χ4v) is 12.0. The largest absolute Gasteiger partial charge is 0.413 e. The van der Waals surface area contributed by atoms with E-state index in [1.54, 1.807) is 12.7 Å². The first-order chi connectivity index (χ1) is 18.8. The predicted molar refractivity (Wildman–Crippen MR) is 175 cm³/mol. The van der Waals surface area contributed by atoms with Gasteiger partial charge in [0, 0.05) is 18.9 Å². The Morgan fingerprint density at radius 1 is 1.20 bits per heavy atom. The van der Waals surface area contributed by atoms with E-state index < -0.39 is 8.32 Å². The molecule has 0 spiro atoms. The number of allylic oxidation sites excluding steroid dienone is 3. The molecule has 0 aromatic heterocycles. The molecule has 1 aliphatic heterocycles. The third kappa shape index (κ3) is 7.35. The van der Waals surface area contributed by atoms with E-state index in [1.165, 1.54) is 29.9 Å². The summed E-state index contributed by atoms with van der Waals surface area (Å²) in [7, 11) is -0.371. The van der Waals surface area contributed by atoms with Gasteiger partial charge in [0.15, 0.2) is 8.32 Å². The van der Waals surface area contributed by atoms with Crippen LogP contribution >= 0.6 is 23.5 Å². The van der Waals surface area contributed by atoms with Gasteiger partial charge in [-0.1, -0.05) is 51.0 Å². The first kappa shape index (κ1) is 32.9. The van der Waals surface area contributed by atoms with Gasteiger partial charge in [0.2, 0.25) is 0 Å². The third-order valence-corrected chi connectivity index (χ3v) is 18.7. The average molecular weight is 609 g/mol. The average Bonchev–Trinajstić information content (AvgIpc) is 3.56. The van der Waals surface area contributed by atoms with Crippen molar-refractivity contribution in [3.63, 3.8) is 0 Å². The zero-order chi connectivity index (χ0) is 29.2. The lowest BCUT2D eigenvalue weighted by Crippen LogP contribution is -2.47. The van der Waals surface area contributed by atoms with Crippen molar-refractivity contribution in [3.05, 3.63) is 23.3 Å². The molecule has 0 N–H and O–H groups in total. The molecule has 1 saturated heterocycles. The van der Waals surface area contributed by atoms with Crippen molar-refractivity contribution in [2.75, 3.05) is 32.0 Å². The van der Waals surface area contributed by atoms with Gasteiger partial charge in [0.05, 0.1) is 16.8 Å². The van der Waals surface area contributed by atoms with Crippen molar-refractivity contribution in [3.8, 4) is 0 Å². The number of carbonyl (C=O) groups excluding carboxylic acids is 1. The zero-order valence-corrected chi connectivity index (χ0v) is 29.2. The Labute approximate surface area is 254 Å². The van der Waals surface area contributed by atoms with Crippen molar-refractivity contribution in [2.45, 2.75) is 121 Å². The number of hydrogen-bond acceptors (Lipinski definition) is 6. The number of ketones is 1. The van der Waals surface area contributed by atoms with Gasteiger partial charge >= 0.3 is 0 Å². The number of ether oxygens (including phenoxy) is 2. The monoisotopic (exact) mass is 608 g/mol. The van der Waals surface area contributed by atoms with Crippen LogP contribution in [0.15, 0.2) is 23.3 Å². The Bertz CT molecular complexity index is 949. The van der Waals surface area contributed by atoms with Crippen molar-refractivity contribution >= 4 is 37.6 Å². The summed E-state index contributed by atoms with van der Waals surface area (Å²) in [6.07, 6.45) is 14.9. The number of fused-ring (bicyclic) bond motifs is 1. The van der Waals surface area contributed by atoms with Crippen molar-refractivity contribution in [1.29, 1.82) is 0 Å². The highest BCUT2D eigenvalue weighted by Gasteiger charge is 2.68. The van der Waals surface area contributed by atoms with E-state index in [0.29, 0.717) is 25.1 Å². The highest BCUT2D eigenvalue weighted by atomic mass is 32.2. The maximum atomic E-state index is 14.3. The van der Waals surface area contributed by atoms with Crippen molar-refractivity contribution < 1.29 is 18.7 Å². The third-order valence-electron chi connectivity index (χ3n) is 10.6. The highest BCUT2D eigenvalue weighted by Crippen LogP contribution is 2.69. The quantitative estimate of drug-likeness (QED) is 0.0900. The summed E-state index contributed by atoms with van der Waals surface area (Å²) in [6, 6.07) is 0. The van der Waals surface area contributed by atoms with Crippen LogP contribution in [0.25, 0.3) is 0 Å². The van der Waals surface area contributed by atoms with Crippen LogP contribution in [-0.4, -0.2) is 56.3 Å². The minimum absolute atomic E-state index is 0.0393. The summed E-state index contributed by atoms with van der Waals surface area (Å²) in [5.41, 5.74) is 3.08. The zero-order valence-electron chi connectivity index (χ0n) is 26.6. The van der Waals surface area contributed by atoms with Gasteiger partial charge in [0.1, 0.15) is 12.6 Å². The highest BCUT2D eigenvalue weighted by molar-refractivity contribution is 8.18. The number of methoxy groups -OCH3 is 1. The lowest BCUT2D eigenvalue weighted by atomic mass is 9.81. The molecular formula is C33H56O4S2Si. The van der Waals surface area contributed by atoms with E-state index in [-0.39, 0.29) is 32.5 Å². The van der Waals surface area contributed by atoms with Crippen molar-refractivity contribution in [2.24, 2.45) is 23.2 Å². The number of rotatable bonds is 13. The second kappa shape index (κ2) is 13.3. The van der Waals surface area contributed by atoms with Crippen LogP contribution in [0.1, 0.15) is 92.4 Å². The summed E-state index contributed by atoms with van der Waals surface area (Å²) in [4.78, 5) is 14.3. The lowest BCUT2D eigenvalue weighted by molar-refractivity contribution is -0.128. The normalized spacial score (nSPS) is 31.3. The molecule has 0 radical (unpaired) electrons. The minimum Gasteiger partial charge on any atom is -0.413 e. The van der Waals surface area contributed by atoms with Crippen LogP contribution in [-0.2, 0) is 18.7 Å². The molecule has 1 heterocycles. The van der Waals surface area contributed by atoms with Gasteiger partial charge in [0.25, 0.3) is 0 Å². The number of hydrogen-bond donors (Lipinski definition) is 0. The van der Waals surface area contributed by atoms with Crippen LogP contribution in [0.2, 0.25) is 18.1 Å². The number of carbonyl (C=O) groups is 1. The fourth-order valence-electron chi connectivity index (χ4n) is 7.19. The summed E-state index contributed by atoms with van der Waals surface area (Å²) in [5, 5.41) is 0.130. The molecule has 0 bridgehead atoms. The molecule has 3 fully saturated rings. The number of thioether (sulfide) groups is 2. The molecule has 0 amide bonds. The van der Waals surface area contributed by atoms with Gasteiger partial charge in [-0.25, -0.2) is 0 Å². The topological polar surface area (TPSA) is 44.8 Å². The molecule has 0 aromatic rings. The van der Waals surface area contributed by atoms with E-state index >= 15 is 0 Å².